The normalized spacial score (nSPS) is 14.4. The van der Waals surface area contributed by atoms with Crippen LogP contribution in [0.5, 0.6) is 11.5 Å². The highest BCUT2D eigenvalue weighted by Crippen LogP contribution is 2.16. The Bertz CT molecular complexity index is 2870. The molecule has 8 amide bonds. The molecule has 3 aromatic carbocycles. The standard InChI is InChI=1S/C56H73N11O16/c1-29(2)21-39(51(77)66-44(56(82)83)24-34-13-17-37(69)18-14-34)63-53(79)42(25-35-27-58-28-59-35)64-52(78)41(22-32-9-7-6-8-10-32)65-55(81)47(30(3)4)67-54(80)43(26-46(72)73)61-48(74)31(5)60-50(76)40(23-33-11-15-36(68)16-12-33)62-49(75)38(57)19-20-45(70)71/h6-18,27-31,38-44,47,68-69H,19-26,57H2,1-5H3,(H,58,59)(H,60,76)(H,61,74)(H,62,75)(H,63,79)(H,64,78)(H,65,81)(H,66,77)(H,67,80)(H,70,71)(H,72,73)(H,82,83)/t31-,38-,39-,40-,41-,42-,43-,44-,47-/m0/s1. The van der Waals surface area contributed by atoms with E-state index in [1.54, 1.807) is 44.2 Å². The Morgan fingerprint density at radius 1 is 0.494 bits per heavy atom. The fraction of sp³-hybridized carbons (Fsp3) is 0.429. The Labute approximate surface area is 477 Å². The summed E-state index contributed by atoms with van der Waals surface area (Å²) in [4.78, 5) is 154. The number of nitrogens with two attached hydrogens (primary N) is 1. The molecule has 0 spiro atoms. The third kappa shape index (κ3) is 22.6. The van der Waals surface area contributed by atoms with Gasteiger partial charge in [-0.05, 0) is 72.6 Å². The van der Waals surface area contributed by atoms with Crippen LogP contribution in [0.15, 0.2) is 91.4 Å². The zero-order valence-corrected chi connectivity index (χ0v) is 46.4. The number of hydrogen-bond acceptors (Lipinski definition) is 15. The van der Waals surface area contributed by atoms with Crippen molar-refractivity contribution in [2.24, 2.45) is 17.6 Å². The first kappa shape index (κ1) is 66.1. The lowest BCUT2D eigenvalue weighted by Crippen LogP contribution is -2.61. The molecule has 0 saturated carbocycles. The van der Waals surface area contributed by atoms with Crippen molar-refractivity contribution in [3.63, 3.8) is 0 Å². The SMILES string of the molecule is CC(C)C[C@H](NC(=O)[C@H](Cc1cnc[nH]1)NC(=O)[C@H](Cc1ccccc1)NC(=O)[C@@H](NC(=O)[C@H](CC(=O)O)NC(=O)[C@H](C)NC(=O)[C@H](Cc1ccc(O)cc1)NC(=O)[C@@H](N)CCC(=O)O)C(C)C)C(=O)N[C@@H](Cc1ccc(O)cc1)C(=O)O. The summed E-state index contributed by atoms with van der Waals surface area (Å²) in [6.45, 7) is 7.81. The second kappa shape index (κ2) is 32.1. The lowest BCUT2D eigenvalue weighted by molar-refractivity contribution is -0.142. The van der Waals surface area contributed by atoms with Crippen LogP contribution in [-0.2, 0) is 78.4 Å². The molecule has 4 aromatic rings. The summed E-state index contributed by atoms with van der Waals surface area (Å²) < 4.78 is 0. The van der Waals surface area contributed by atoms with Crippen LogP contribution in [0.2, 0.25) is 0 Å². The Morgan fingerprint density at radius 3 is 1.43 bits per heavy atom. The lowest BCUT2D eigenvalue weighted by atomic mass is 9.99. The number of rotatable bonds is 33. The predicted molar refractivity (Wildman–Crippen MR) is 296 cm³/mol. The van der Waals surface area contributed by atoms with Crippen LogP contribution in [0.25, 0.3) is 0 Å². The average molecular weight is 1160 g/mol. The number of hydrogen-bond donors (Lipinski definition) is 15. The summed E-state index contributed by atoms with van der Waals surface area (Å²) in [6.07, 6.45) is 0.276. The van der Waals surface area contributed by atoms with Gasteiger partial charge in [0.15, 0.2) is 0 Å². The maximum atomic E-state index is 14.5. The van der Waals surface area contributed by atoms with Crippen LogP contribution < -0.4 is 48.3 Å². The number of imidazole rings is 1. The quantitative estimate of drug-likeness (QED) is 0.0284. The number of carbonyl (C=O) groups excluding carboxylic acids is 8. The molecular weight excluding hydrogens is 1080 g/mol. The highest BCUT2D eigenvalue weighted by Gasteiger charge is 2.36. The molecule has 0 unspecified atom stereocenters. The summed E-state index contributed by atoms with van der Waals surface area (Å²) >= 11 is 0. The molecular formula is C56H73N11O16. The fourth-order valence-corrected chi connectivity index (χ4v) is 8.35. The second-order valence-corrected chi connectivity index (χ2v) is 20.6. The molecule has 16 N–H and O–H groups in total. The van der Waals surface area contributed by atoms with Crippen molar-refractivity contribution in [2.75, 3.05) is 0 Å². The van der Waals surface area contributed by atoms with Gasteiger partial charge in [-0.25, -0.2) is 9.78 Å². The van der Waals surface area contributed by atoms with Gasteiger partial charge in [-0.1, -0.05) is 82.3 Å². The summed E-state index contributed by atoms with van der Waals surface area (Å²) in [5.41, 5.74) is 7.72. The second-order valence-electron chi connectivity index (χ2n) is 20.6. The topological polar surface area (TPSA) is 440 Å². The van der Waals surface area contributed by atoms with Gasteiger partial charge in [0.25, 0.3) is 0 Å². The van der Waals surface area contributed by atoms with E-state index in [9.17, 15) is 73.2 Å². The first-order chi connectivity index (χ1) is 39.2. The number of carboxylic acid groups (broad SMARTS) is 3. The van der Waals surface area contributed by atoms with E-state index in [-0.39, 0.29) is 55.9 Å². The van der Waals surface area contributed by atoms with Gasteiger partial charge in [0.2, 0.25) is 47.3 Å². The Morgan fingerprint density at radius 2 is 0.940 bits per heavy atom. The maximum Gasteiger partial charge on any atom is 0.326 e. The van der Waals surface area contributed by atoms with Crippen molar-refractivity contribution >= 4 is 65.2 Å². The monoisotopic (exact) mass is 1160 g/mol. The van der Waals surface area contributed by atoms with Crippen molar-refractivity contribution in [1.29, 1.82) is 0 Å². The van der Waals surface area contributed by atoms with E-state index in [0.29, 0.717) is 22.4 Å². The van der Waals surface area contributed by atoms with Gasteiger partial charge in [-0.15, -0.1) is 0 Å². The van der Waals surface area contributed by atoms with E-state index in [0.717, 1.165) is 0 Å². The number of nitrogens with zero attached hydrogens (tertiary/aromatic N) is 1. The Balaban J connectivity index is 1.54. The van der Waals surface area contributed by atoms with E-state index >= 15 is 0 Å². The van der Waals surface area contributed by atoms with Gasteiger partial charge in [0, 0.05) is 44.0 Å². The van der Waals surface area contributed by atoms with E-state index < -0.39 is 138 Å². The molecule has 0 aliphatic rings. The number of nitrogens with one attached hydrogen (secondary N) is 9. The molecule has 0 aliphatic heterocycles. The third-order valence-electron chi connectivity index (χ3n) is 12.9. The number of benzene rings is 3. The molecule has 4 rings (SSSR count). The first-order valence-electron chi connectivity index (χ1n) is 26.6. The fourth-order valence-electron chi connectivity index (χ4n) is 8.35. The van der Waals surface area contributed by atoms with Crippen LogP contribution in [0, 0.1) is 11.8 Å². The van der Waals surface area contributed by atoms with Crippen molar-refractivity contribution in [3.8, 4) is 11.5 Å². The van der Waals surface area contributed by atoms with Crippen LogP contribution >= 0.6 is 0 Å². The summed E-state index contributed by atoms with van der Waals surface area (Å²) in [5, 5.41) is 68.4. The molecule has 0 radical (unpaired) electrons. The average Bonchev–Trinajstić information content (AvgIpc) is 4.06. The van der Waals surface area contributed by atoms with E-state index in [1.807, 2.05) is 0 Å². The van der Waals surface area contributed by atoms with Crippen molar-refractivity contribution < 1.29 is 78.3 Å². The molecule has 9 atom stereocenters. The third-order valence-corrected chi connectivity index (χ3v) is 12.9. The number of phenolic OH excluding ortho intramolecular Hbond substituents is 2. The molecule has 0 bridgehead atoms. The highest BCUT2D eigenvalue weighted by atomic mass is 16.4. The Kier molecular flexibility index (Phi) is 25.6. The molecule has 448 valence electrons. The molecule has 0 fully saturated rings. The molecule has 27 heteroatoms. The molecule has 0 aliphatic carbocycles. The molecule has 83 heavy (non-hydrogen) atoms. The number of aromatic hydroxyl groups is 2. The number of aromatic amines is 1. The molecule has 0 saturated heterocycles. The van der Waals surface area contributed by atoms with Crippen LogP contribution in [-0.4, -0.2) is 155 Å². The summed E-state index contributed by atoms with van der Waals surface area (Å²) in [6, 6.07) is 6.38. The van der Waals surface area contributed by atoms with Crippen LogP contribution in [0.3, 0.4) is 0 Å². The van der Waals surface area contributed by atoms with Gasteiger partial charge in [0.1, 0.15) is 59.8 Å². The van der Waals surface area contributed by atoms with Gasteiger partial charge < -0.3 is 78.8 Å². The predicted octanol–water partition coefficient (Wildman–Crippen LogP) is -0.557. The minimum atomic E-state index is -1.87. The number of carbonyl (C=O) groups is 11. The molecule has 1 heterocycles. The number of H-pyrrole nitrogens is 1. The summed E-state index contributed by atoms with van der Waals surface area (Å²) in [5.74, 6) is -12.9. The highest BCUT2D eigenvalue weighted by molar-refractivity contribution is 5.99. The number of amides is 8. The van der Waals surface area contributed by atoms with Gasteiger partial charge in [-0.2, -0.15) is 0 Å². The van der Waals surface area contributed by atoms with E-state index in [1.165, 1.54) is 81.8 Å². The van der Waals surface area contributed by atoms with E-state index in [4.69, 9.17) is 10.8 Å². The number of aromatic nitrogens is 2. The van der Waals surface area contributed by atoms with Crippen molar-refractivity contribution in [2.45, 2.75) is 140 Å². The zero-order chi connectivity index (χ0) is 61.5. The van der Waals surface area contributed by atoms with Crippen LogP contribution in [0.4, 0.5) is 0 Å². The van der Waals surface area contributed by atoms with Gasteiger partial charge in [0.05, 0.1) is 18.8 Å². The van der Waals surface area contributed by atoms with Gasteiger partial charge in [-0.3, -0.25) is 47.9 Å². The number of phenols is 2. The van der Waals surface area contributed by atoms with Crippen molar-refractivity contribution in [1.82, 2.24) is 52.5 Å². The van der Waals surface area contributed by atoms with Crippen molar-refractivity contribution in [3.05, 3.63) is 114 Å². The maximum absolute atomic E-state index is 14.5. The number of aliphatic carboxylic acids is 3. The van der Waals surface area contributed by atoms with Crippen LogP contribution in [0.1, 0.15) is 82.7 Å². The molecule has 27 nitrogen and oxygen atoms in total. The lowest BCUT2D eigenvalue weighted by Gasteiger charge is -2.29. The van der Waals surface area contributed by atoms with E-state index in [2.05, 4.69) is 52.5 Å². The minimum Gasteiger partial charge on any atom is -0.508 e. The zero-order valence-electron chi connectivity index (χ0n) is 46.4. The number of carboxylic acids is 3. The summed E-state index contributed by atoms with van der Waals surface area (Å²) in [7, 11) is 0. The smallest absolute Gasteiger partial charge is 0.326 e. The minimum absolute atomic E-state index is 0.0373. The first-order valence-corrected chi connectivity index (χ1v) is 26.6. The van der Waals surface area contributed by atoms with Gasteiger partial charge >= 0.3 is 17.9 Å². The largest absolute Gasteiger partial charge is 0.508 e. The Hall–Kier alpha value is -9.40. The molecule has 1 aromatic heterocycles.